The molecule has 2 N–H and O–H groups in total. The van der Waals surface area contributed by atoms with E-state index < -0.39 is 0 Å². The highest BCUT2D eigenvalue weighted by atomic mass is 35.5. The quantitative estimate of drug-likeness (QED) is 0.910. The number of rotatable bonds is 2. The fraction of sp³-hybridized carbons (Fsp3) is 0.417. The summed E-state index contributed by atoms with van der Waals surface area (Å²) in [4.78, 5) is 13.3. The van der Waals surface area contributed by atoms with Crippen LogP contribution < -0.4 is 5.73 Å². The van der Waals surface area contributed by atoms with Crippen LogP contribution in [0.2, 0.25) is 10.0 Å². The van der Waals surface area contributed by atoms with Crippen LogP contribution in [0.3, 0.4) is 0 Å². The van der Waals surface area contributed by atoms with Gasteiger partial charge in [-0.1, -0.05) is 23.2 Å². The molecule has 0 radical (unpaired) electrons. The summed E-state index contributed by atoms with van der Waals surface area (Å²) in [5, 5.41) is 1.05. The SMILES string of the molecule is N[C@H]1CCN(C(=O)OCc2cc(Cl)cc(Cl)c2)C1. The zero-order chi connectivity index (χ0) is 13.1. The summed E-state index contributed by atoms with van der Waals surface area (Å²) in [6.07, 6.45) is 0.469. The average Bonchev–Trinajstić information content (AvgIpc) is 2.71. The number of carbonyl (C=O) groups is 1. The van der Waals surface area contributed by atoms with Crippen molar-refractivity contribution < 1.29 is 9.53 Å². The number of hydrogen-bond acceptors (Lipinski definition) is 3. The third-order valence-corrected chi connectivity index (χ3v) is 3.20. The predicted octanol–water partition coefficient (Wildman–Crippen LogP) is 2.66. The molecule has 1 amide bonds. The maximum atomic E-state index is 11.7. The molecular formula is C12H14Cl2N2O2. The first-order valence-corrected chi connectivity index (χ1v) is 6.42. The number of likely N-dealkylation sites (tertiary alicyclic amines) is 1. The van der Waals surface area contributed by atoms with Gasteiger partial charge in [0, 0.05) is 29.2 Å². The van der Waals surface area contributed by atoms with Gasteiger partial charge in [-0.15, -0.1) is 0 Å². The van der Waals surface area contributed by atoms with Gasteiger partial charge in [-0.2, -0.15) is 0 Å². The van der Waals surface area contributed by atoms with E-state index in [-0.39, 0.29) is 18.7 Å². The molecule has 2 rings (SSSR count). The predicted molar refractivity (Wildman–Crippen MR) is 70.8 cm³/mol. The minimum atomic E-state index is -0.348. The standard InChI is InChI=1S/C12H14Cl2N2O2/c13-9-3-8(4-10(14)5-9)7-18-12(17)16-2-1-11(15)6-16/h3-5,11H,1-2,6-7,15H2/t11-/m0/s1. The summed E-state index contributed by atoms with van der Waals surface area (Å²) in [5.74, 6) is 0. The van der Waals surface area contributed by atoms with Crippen LogP contribution >= 0.6 is 23.2 Å². The van der Waals surface area contributed by atoms with Crippen LogP contribution in [0.25, 0.3) is 0 Å². The van der Waals surface area contributed by atoms with Crippen LogP contribution in [-0.2, 0) is 11.3 Å². The van der Waals surface area contributed by atoms with Gasteiger partial charge >= 0.3 is 6.09 Å². The summed E-state index contributed by atoms with van der Waals surface area (Å²) < 4.78 is 5.18. The van der Waals surface area contributed by atoms with Crippen molar-refractivity contribution in [3.05, 3.63) is 33.8 Å². The van der Waals surface area contributed by atoms with Crippen molar-refractivity contribution in [2.24, 2.45) is 5.73 Å². The van der Waals surface area contributed by atoms with E-state index in [1.165, 1.54) is 0 Å². The van der Waals surface area contributed by atoms with Gasteiger partial charge in [-0.05, 0) is 30.2 Å². The maximum Gasteiger partial charge on any atom is 0.410 e. The molecule has 1 aliphatic heterocycles. The number of halogens is 2. The van der Waals surface area contributed by atoms with E-state index in [0.717, 1.165) is 12.0 Å². The molecule has 1 atom stereocenters. The molecule has 0 bridgehead atoms. The second kappa shape index (κ2) is 5.78. The van der Waals surface area contributed by atoms with Crippen molar-refractivity contribution in [2.45, 2.75) is 19.1 Å². The number of hydrogen-bond donors (Lipinski definition) is 1. The molecule has 0 aromatic heterocycles. The Kier molecular flexibility index (Phi) is 4.32. The Balaban J connectivity index is 1.89. The molecule has 1 aromatic carbocycles. The number of carbonyl (C=O) groups excluding carboxylic acids is 1. The lowest BCUT2D eigenvalue weighted by Gasteiger charge is -2.15. The van der Waals surface area contributed by atoms with Gasteiger partial charge in [0.05, 0.1) is 0 Å². The topological polar surface area (TPSA) is 55.6 Å². The number of ether oxygens (including phenoxy) is 1. The molecule has 0 aliphatic carbocycles. The molecule has 18 heavy (non-hydrogen) atoms. The monoisotopic (exact) mass is 288 g/mol. The zero-order valence-corrected chi connectivity index (χ0v) is 11.2. The normalized spacial score (nSPS) is 19.1. The van der Waals surface area contributed by atoms with Crippen LogP contribution in [0.15, 0.2) is 18.2 Å². The smallest absolute Gasteiger partial charge is 0.410 e. The van der Waals surface area contributed by atoms with E-state index in [0.29, 0.717) is 23.1 Å². The van der Waals surface area contributed by atoms with E-state index in [4.69, 9.17) is 33.7 Å². The maximum absolute atomic E-state index is 11.7. The summed E-state index contributed by atoms with van der Waals surface area (Å²) in [6, 6.07) is 5.12. The molecule has 98 valence electrons. The van der Waals surface area contributed by atoms with Crippen LogP contribution in [0, 0.1) is 0 Å². The second-order valence-corrected chi connectivity index (χ2v) is 5.20. The number of amides is 1. The highest BCUT2D eigenvalue weighted by molar-refractivity contribution is 6.34. The van der Waals surface area contributed by atoms with Crippen molar-refractivity contribution in [3.63, 3.8) is 0 Å². The summed E-state index contributed by atoms with van der Waals surface area (Å²) in [6.45, 7) is 1.36. The Morgan fingerprint density at radius 3 is 2.61 bits per heavy atom. The lowest BCUT2D eigenvalue weighted by molar-refractivity contribution is 0.104. The summed E-state index contributed by atoms with van der Waals surface area (Å²) in [5.41, 5.74) is 6.49. The highest BCUT2D eigenvalue weighted by Gasteiger charge is 2.24. The Morgan fingerprint density at radius 1 is 1.39 bits per heavy atom. The summed E-state index contributed by atoms with van der Waals surface area (Å²) in [7, 11) is 0. The Morgan fingerprint density at radius 2 is 2.06 bits per heavy atom. The van der Waals surface area contributed by atoms with Crippen LogP contribution in [-0.4, -0.2) is 30.1 Å². The minimum Gasteiger partial charge on any atom is -0.445 e. The summed E-state index contributed by atoms with van der Waals surface area (Å²) >= 11 is 11.7. The molecule has 4 nitrogen and oxygen atoms in total. The van der Waals surface area contributed by atoms with Crippen molar-refractivity contribution in [1.82, 2.24) is 4.90 Å². The lowest BCUT2D eigenvalue weighted by atomic mass is 10.2. The van der Waals surface area contributed by atoms with Crippen molar-refractivity contribution in [1.29, 1.82) is 0 Å². The fourth-order valence-corrected chi connectivity index (χ4v) is 2.46. The molecule has 0 spiro atoms. The first kappa shape index (κ1) is 13.5. The molecule has 1 saturated heterocycles. The lowest BCUT2D eigenvalue weighted by Crippen LogP contribution is -2.32. The minimum absolute atomic E-state index is 0.0539. The first-order valence-electron chi connectivity index (χ1n) is 5.67. The van der Waals surface area contributed by atoms with Gasteiger partial charge in [0.15, 0.2) is 0 Å². The molecule has 6 heteroatoms. The van der Waals surface area contributed by atoms with Gasteiger partial charge in [-0.3, -0.25) is 0 Å². The molecular weight excluding hydrogens is 275 g/mol. The van der Waals surface area contributed by atoms with Gasteiger partial charge in [0.25, 0.3) is 0 Å². The molecule has 1 fully saturated rings. The Bertz CT molecular complexity index is 433. The average molecular weight is 289 g/mol. The van der Waals surface area contributed by atoms with Crippen LogP contribution in [0.4, 0.5) is 4.79 Å². The first-order chi connectivity index (χ1) is 8.54. The zero-order valence-electron chi connectivity index (χ0n) is 9.73. The van der Waals surface area contributed by atoms with E-state index in [2.05, 4.69) is 0 Å². The van der Waals surface area contributed by atoms with Gasteiger partial charge in [0.2, 0.25) is 0 Å². The van der Waals surface area contributed by atoms with Gasteiger partial charge < -0.3 is 15.4 Å². The Hall–Kier alpha value is -0.970. The van der Waals surface area contributed by atoms with Crippen LogP contribution in [0.5, 0.6) is 0 Å². The van der Waals surface area contributed by atoms with Crippen molar-refractivity contribution in [3.8, 4) is 0 Å². The largest absolute Gasteiger partial charge is 0.445 e. The highest BCUT2D eigenvalue weighted by Crippen LogP contribution is 2.20. The number of nitrogens with zero attached hydrogens (tertiary/aromatic N) is 1. The fourth-order valence-electron chi connectivity index (χ4n) is 1.88. The molecule has 0 unspecified atom stereocenters. The number of nitrogens with two attached hydrogens (primary N) is 1. The van der Waals surface area contributed by atoms with Crippen molar-refractivity contribution in [2.75, 3.05) is 13.1 Å². The third kappa shape index (κ3) is 3.51. The third-order valence-electron chi connectivity index (χ3n) is 2.77. The van der Waals surface area contributed by atoms with E-state index >= 15 is 0 Å². The van der Waals surface area contributed by atoms with Crippen molar-refractivity contribution >= 4 is 29.3 Å². The molecule has 1 aliphatic rings. The Labute approximate surface area is 116 Å². The van der Waals surface area contributed by atoms with E-state index in [9.17, 15) is 4.79 Å². The van der Waals surface area contributed by atoms with Gasteiger partial charge in [-0.25, -0.2) is 4.79 Å². The number of benzene rings is 1. The van der Waals surface area contributed by atoms with Crippen LogP contribution in [0.1, 0.15) is 12.0 Å². The van der Waals surface area contributed by atoms with E-state index in [1.54, 1.807) is 23.1 Å². The second-order valence-electron chi connectivity index (χ2n) is 4.33. The van der Waals surface area contributed by atoms with E-state index in [1.807, 2.05) is 0 Å². The van der Waals surface area contributed by atoms with Gasteiger partial charge in [0.1, 0.15) is 6.61 Å². The molecule has 1 aromatic rings. The molecule has 1 heterocycles. The molecule has 0 saturated carbocycles.